The first-order valence-corrected chi connectivity index (χ1v) is 6.12. The van der Waals surface area contributed by atoms with Gasteiger partial charge in [-0.2, -0.15) is 5.10 Å². The van der Waals surface area contributed by atoms with Gasteiger partial charge in [-0.1, -0.05) is 18.5 Å². The summed E-state index contributed by atoms with van der Waals surface area (Å²) in [5, 5.41) is 4.52. The van der Waals surface area contributed by atoms with E-state index in [2.05, 4.69) is 5.10 Å². The van der Waals surface area contributed by atoms with Crippen molar-refractivity contribution in [2.45, 2.75) is 38.4 Å². The van der Waals surface area contributed by atoms with Gasteiger partial charge in [-0.05, 0) is 19.3 Å². The predicted molar refractivity (Wildman–Crippen MR) is 62.1 cm³/mol. The largest absolute Gasteiger partial charge is 0.327 e. The standard InChI is InChI=1S/C11H17ClFN3/c1-2-5-16-10(9(12)6-15-16)11(13,7-14)8-3-4-8/h6,8H,2-5,7,14H2,1H3. The van der Waals surface area contributed by atoms with E-state index in [1.807, 2.05) is 6.92 Å². The van der Waals surface area contributed by atoms with E-state index in [-0.39, 0.29) is 12.5 Å². The number of hydrogen-bond donors (Lipinski definition) is 1. The van der Waals surface area contributed by atoms with Crippen molar-refractivity contribution in [1.82, 2.24) is 9.78 Å². The van der Waals surface area contributed by atoms with Crippen LogP contribution in [0.4, 0.5) is 4.39 Å². The molecule has 0 spiro atoms. The zero-order chi connectivity index (χ0) is 11.8. The summed E-state index contributed by atoms with van der Waals surface area (Å²) in [7, 11) is 0. The Labute approximate surface area is 99.8 Å². The minimum atomic E-state index is -1.50. The van der Waals surface area contributed by atoms with E-state index in [0.29, 0.717) is 17.3 Å². The molecule has 2 N–H and O–H groups in total. The van der Waals surface area contributed by atoms with Crippen LogP contribution in [0, 0.1) is 5.92 Å². The van der Waals surface area contributed by atoms with E-state index in [1.165, 1.54) is 6.20 Å². The molecule has 0 aliphatic heterocycles. The monoisotopic (exact) mass is 245 g/mol. The molecule has 0 bridgehead atoms. The van der Waals surface area contributed by atoms with Crippen LogP contribution < -0.4 is 5.73 Å². The molecule has 1 aliphatic rings. The van der Waals surface area contributed by atoms with Gasteiger partial charge in [-0.25, -0.2) is 4.39 Å². The number of nitrogens with two attached hydrogens (primary N) is 1. The van der Waals surface area contributed by atoms with Crippen LogP contribution in [0.15, 0.2) is 6.20 Å². The molecule has 0 aromatic carbocycles. The Morgan fingerprint density at radius 1 is 1.69 bits per heavy atom. The average molecular weight is 246 g/mol. The highest BCUT2D eigenvalue weighted by atomic mass is 35.5. The van der Waals surface area contributed by atoms with Crippen LogP contribution in [0.25, 0.3) is 0 Å². The van der Waals surface area contributed by atoms with Crippen molar-refractivity contribution in [3.8, 4) is 0 Å². The van der Waals surface area contributed by atoms with Gasteiger partial charge in [0.2, 0.25) is 0 Å². The summed E-state index contributed by atoms with van der Waals surface area (Å²) >= 11 is 6.04. The molecule has 1 atom stereocenters. The lowest BCUT2D eigenvalue weighted by Gasteiger charge is -2.25. The van der Waals surface area contributed by atoms with E-state index in [0.717, 1.165) is 19.3 Å². The summed E-state index contributed by atoms with van der Waals surface area (Å²) in [5.74, 6) is 0.0160. The van der Waals surface area contributed by atoms with E-state index in [1.54, 1.807) is 4.68 Å². The molecule has 0 radical (unpaired) electrons. The van der Waals surface area contributed by atoms with Crippen LogP contribution in [-0.4, -0.2) is 16.3 Å². The maximum atomic E-state index is 14.8. The fraction of sp³-hybridized carbons (Fsp3) is 0.727. The summed E-state index contributed by atoms with van der Waals surface area (Å²) in [6.45, 7) is 2.69. The lowest BCUT2D eigenvalue weighted by molar-refractivity contribution is 0.129. The molecule has 2 rings (SSSR count). The molecule has 3 nitrogen and oxygen atoms in total. The van der Waals surface area contributed by atoms with Crippen molar-refractivity contribution in [1.29, 1.82) is 0 Å². The highest BCUT2D eigenvalue weighted by Gasteiger charge is 2.49. The molecular weight excluding hydrogens is 229 g/mol. The third-order valence-corrected chi connectivity index (χ3v) is 3.42. The van der Waals surface area contributed by atoms with Gasteiger partial charge in [0.25, 0.3) is 0 Å². The van der Waals surface area contributed by atoms with Crippen LogP contribution in [0.5, 0.6) is 0 Å². The molecule has 90 valence electrons. The highest BCUT2D eigenvalue weighted by molar-refractivity contribution is 6.31. The number of hydrogen-bond acceptors (Lipinski definition) is 2. The zero-order valence-corrected chi connectivity index (χ0v) is 10.2. The van der Waals surface area contributed by atoms with Gasteiger partial charge in [-0.15, -0.1) is 0 Å². The first kappa shape index (κ1) is 11.9. The number of aromatic nitrogens is 2. The molecule has 1 aromatic heterocycles. The number of alkyl halides is 1. The minimum Gasteiger partial charge on any atom is -0.327 e. The van der Waals surface area contributed by atoms with Gasteiger partial charge in [0.15, 0.2) is 5.67 Å². The number of nitrogens with zero attached hydrogens (tertiary/aromatic N) is 2. The van der Waals surface area contributed by atoms with Gasteiger partial charge >= 0.3 is 0 Å². The van der Waals surface area contributed by atoms with E-state index in [4.69, 9.17) is 17.3 Å². The van der Waals surface area contributed by atoms with E-state index >= 15 is 0 Å². The van der Waals surface area contributed by atoms with E-state index < -0.39 is 5.67 Å². The highest BCUT2D eigenvalue weighted by Crippen LogP contribution is 2.49. The van der Waals surface area contributed by atoms with Gasteiger partial charge < -0.3 is 5.73 Å². The summed E-state index contributed by atoms with van der Waals surface area (Å²) in [4.78, 5) is 0. The molecule has 1 saturated carbocycles. The Balaban J connectivity index is 2.39. The van der Waals surface area contributed by atoms with Crippen LogP contribution in [0.2, 0.25) is 5.02 Å². The van der Waals surface area contributed by atoms with Gasteiger partial charge in [0.1, 0.15) is 0 Å². The predicted octanol–water partition coefficient (Wildman–Crippen LogP) is 2.48. The third-order valence-electron chi connectivity index (χ3n) is 3.15. The van der Waals surface area contributed by atoms with Crippen molar-refractivity contribution in [3.05, 3.63) is 16.9 Å². The smallest absolute Gasteiger partial charge is 0.168 e. The molecule has 0 saturated heterocycles. The Morgan fingerprint density at radius 2 is 2.38 bits per heavy atom. The summed E-state index contributed by atoms with van der Waals surface area (Å²) in [6, 6.07) is 0. The topological polar surface area (TPSA) is 43.8 Å². The lowest BCUT2D eigenvalue weighted by atomic mass is 9.95. The van der Waals surface area contributed by atoms with Crippen LogP contribution >= 0.6 is 11.6 Å². The van der Waals surface area contributed by atoms with Crippen molar-refractivity contribution >= 4 is 11.6 Å². The van der Waals surface area contributed by atoms with E-state index in [9.17, 15) is 4.39 Å². The van der Waals surface area contributed by atoms with Crippen molar-refractivity contribution < 1.29 is 4.39 Å². The Bertz CT molecular complexity index is 375. The zero-order valence-electron chi connectivity index (χ0n) is 9.42. The number of aryl methyl sites for hydroxylation is 1. The molecular formula is C11H17ClFN3. The molecule has 1 aromatic rings. The molecule has 5 heteroatoms. The molecule has 1 heterocycles. The lowest BCUT2D eigenvalue weighted by Crippen LogP contribution is -2.35. The molecule has 0 amide bonds. The van der Waals surface area contributed by atoms with Crippen LogP contribution in [-0.2, 0) is 12.2 Å². The molecule has 1 fully saturated rings. The number of halogens is 2. The first-order chi connectivity index (χ1) is 7.63. The second-order valence-electron chi connectivity index (χ2n) is 4.41. The fourth-order valence-corrected chi connectivity index (χ4v) is 2.45. The second-order valence-corrected chi connectivity index (χ2v) is 4.81. The minimum absolute atomic E-state index is 0.0160. The Morgan fingerprint density at radius 3 is 2.88 bits per heavy atom. The van der Waals surface area contributed by atoms with Gasteiger partial charge in [0.05, 0.1) is 16.9 Å². The maximum Gasteiger partial charge on any atom is 0.168 e. The Kier molecular flexibility index (Phi) is 3.22. The van der Waals surface area contributed by atoms with Crippen LogP contribution in [0.3, 0.4) is 0 Å². The average Bonchev–Trinajstić information content (AvgIpc) is 3.05. The SMILES string of the molecule is CCCn1ncc(Cl)c1C(F)(CN)C1CC1. The second kappa shape index (κ2) is 4.34. The summed E-state index contributed by atoms with van der Waals surface area (Å²) in [5.41, 5.74) is 4.57. The Hall–Kier alpha value is -0.610. The first-order valence-electron chi connectivity index (χ1n) is 5.74. The van der Waals surface area contributed by atoms with Crippen molar-refractivity contribution in [3.63, 3.8) is 0 Å². The fourth-order valence-electron chi connectivity index (χ4n) is 2.15. The molecule has 16 heavy (non-hydrogen) atoms. The third kappa shape index (κ3) is 1.84. The molecule has 1 aliphatic carbocycles. The van der Waals surface area contributed by atoms with Crippen molar-refractivity contribution in [2.24, 2.45) is 11.7 Å². The normalized spacial score (nSPS) is 19.8. The summed E-state index contributed by atoms with van der Waals surface area (Å²) in [6.07, 6.45) is 4.19. The quantitative estimate of drug-likeness (QED) is 0.866. The maximum absolute atomic E-state index is 14.8. The summed E-state index contributed by atoms with van der Waals surface area (Å²) < 4.78 is 16.5. The molecule has 1 unspecified atom stereocenters. The van der Waals surface area contributed by atoms with Gasteiger partial charge in [0, 0.05) is 19.0 Å². The van der Waals surface area contributed by atoms with Crippen molar-refractivity contribution in [2.75, 3.05) is 6.54 Å². The van der Waals surface area contributed by atoms with Gasteiger partial charge in [-0.3, -0.25) is 4.68 Å². The van der Waals surface area contributed by atoms with Crippen LogP contribution in [0.1, 0.15) is 31.9 Å². The number of rotatable bonds is 5.